The van der Waals surface area contributed by atoms with Crippen molar-refractivity contribution in [2.75, 3.05) is 6.61 Å². The van der Waals surface area contributed by atoms with Crippen LogP contribution in [0.1, 0.15) is 12.5 Å². The lowest BCUT2D eigenvalue weighted by Gasteiger charge is -1.95. The van der Waals surface area contributed by atoms with Crippen LogP contribution in [0.15, 0.2) is 30.3 Å². The number of nitro benzene ring substituents is 1. The van der Waals surface area contributed by atoms with Gasteiger partial charge in [-0.2, -0.15) is 0 Å². The second-order valence-corrected chi connectivity index (χ2v) is 3.05. The molecular formula is C11H11NO4. The van der Waals surface area contributed by atoms with Crippen molar-refractivity contribution < 1.29 is 14.5 Å². The molecule has 0 heterocycles. The Balaban J connectivity index is 2.55. The highest BCUT2D eigenvalue weighted by Crippen LogP contribution is 2.12. The minimum absolute atomic E-state index is 0.0529. The van der Waals surface area contributed by atoms with Crippen molar-refractivity contribution in [1.29, 1.82) is 0 Å². The number of esters is 1. The fraction of sp³-hybridized carbons (Fsp3) is 0.182. The van der Waals surface area contributed by atoms with Gasteiger partial charge in [0.05, 0.1) is 4.92 Å². The van der Waals surface area contributed by atoms with Crippen LogP contribution in [0.25, 0.3) is 6.08 Å². The molecular weight excluding hydrogens is 210 g/mol. The lowest BCUT2D eigenvalue weighted by Crippen LogP contribution is -1.97. The molecule has 0 aliphatic heterocycles. The van der Waals surface area contributed by atoms with E-state index in [-0.39, 0.29) is 18.3 Å². The van der Waals surface area contributed by atoms with Crippen molar-refractivity contribution in [1.82, 2.24) is 0 Å². The first-order valence-corrected chi connectivity index (χ1v) is 4.64. The zero-order chi connectivity index (χ0) is 12.0. The highest BCUT2D eigenvalue weighted by Gasteiger charge is 2.01. The molecule has 0 atom stereocenters. The van der Waals surface area contributed by atoms with Crippen LogP contribution in [0.3, 0.4) is 0 Å². The zero-order valence-corrected chi connectivity index (χ0v) is 8.75. The van der Waals surface area contributed by atoms with Crippen LogP contribution in [0.4, 0.5) is 5.69 Å². The molecule has 0 unspecified atom stereocenters. The minimum Gasteiger partial charge on any atom is -0.462 e. The summed E-state index contributed by atoms with van der Waals surface area (Å²) < 4.78 is 4.69. The van der Waals surface area contributed by atoms with Gasteiger partial charge < -0.3 is 4.74 Å². The van der Waals surface area contributed by atoms with E-state index in [9.17, 15) is 14.9 Å². The molecule has 5 heteroatoms. The molecule has 0 radical (unpaired) electrons. The predicted octanol–water partition coefficient (Wildman–Crippen LogP) is 2.17. The summed E-state index contributed by atoms with van der Waals surface area (Å²) in [7, 11) is 0. The smallest absolute Gasteiger partial charge is 0.302 e. The highest BCUT2D eigenvalue weighted by molar-refractivity contribution is 5.66. The molecule has 1 rings (SSSR count). The van der Waals surface area contributed by atoms with Crippen molar-refractivity contribution in [2.24, 2.45) is 0 Å². The van der Waals surface area contributed by atoms with Crippen LogP contribution in [-0.4, -0.2) is 17.5 Å². The highest BCUT2D eigenvalue weighted by atomic mass is 16.6. The van der Waals surface area contributed by atoms with Crippen LogP contribution in [0, 0.1) is 10.1 Å². The number of ether oxygens (including phenoxy) is 1. The van der Waals surface area contributed by atoms with Gasteiger partial charge in [-0.15, -0.1) is 0 Å². The molecule has 1 aromatic carbocycles. The quantitative estimate of drug-likeness (QED) is 0.444. The van der Waals surface area contributed by atoms with Crippen LogP contribution in [-0.2, 0) is 9.53 Å². The van der Waals surface area contributed by atoms with E-state index < -0.39 is 4.92 Å². The first-order chi connectivity index (χ1) is 7.59. The van der Waals surface area contributed by atoms with Gasteiger partial charge in [0.15, 0.2) is 0 Å². The van der Waals surface area contributed by atoms with Gasteiger partial charge in [0.25, 0.3) is 5.69 Å². The first kappa shape index (κ1) is 11.9. The standard InChI is InChI=1S/C11H11NO4/c1-9(13)16-8-2-3-10-4-6-11(7-5-10)12(14)15/h2-7H,8H2,1H3/b3-2+. The Kier molecular flexibility index (Phi) is 4.20. The van der Waals surface area contributed by atoms with Crippen molar-refractivity contribution in [3.05, 3.63) is 46.0 Å². The van der Waals surface area contributed by atoms with E-state index in [2.05, 4.69) is 0 Å². The summed E-state index contributed by atoms with van der Waals surface area (Å²) >= 11 is 0. The summed E-state index contributed by atoms with van der Waals surface area (Å²) in [6.07, 6.45) is 3.40. The third-order valence-electron chi connectivity index (χ3n) is 1.80. The largest absolute Gasteiger partial charge is 0.462 e. The number of carbonyl (C=O) groups is 1. The van der Waals surface area contributed by atoms with Gasteiger partial charge in [0.1, 0.15) is 6.61 Å². The Labute approximate surface area is 92.5 Å². The van der Waals surface area contributed by atoms with E-state index in [0.29, 0.717) is 0 Å². The Morgan fingerprint density at radius 3 is 2.56 bits per heavy atom. The molecule has 0 aliphatic rings. The third kappa shape index (κ3) is 3.91. The fourth-order valence-corrected chi connectivity index (χ4v) is 1.06. The molecule has 0 N–H and O–H groups in total. The zero-order valence-electron chi connectivity index (χ0n) is 8.75. The van der Waals surface area contributed by atoms with E-state index in [1.54, 1.807) is 24.3 Å². The van der Waals surface area contributed by atoms with Crippen molar-refractivity contribution in [3.63, 3.8) is 0 Å². The number of hydrogen-bond acceptors (Lipinski definition) is 4. The average molecular weight is 221 g/mol. The van der Waals surface area contributed by atoms with Gasteiger partial charge >= 0.3 is 5.97 Å². The number of hydrogen-bond donors (Lipinski definition) is 0. The third-order valence-corrected chi connectivity index (χ3v) is 1.80. The normalized spacial score (nSPS) is 10.3. The van der Waals surface area contributed by atoms with E-state index >= 15 is 0 Å². The Bertz CT molecular complexity index is 408. The minimum atomic E-state index is -0.452. The topological polar surface area (TPSA) is 69.4 Å². The first-order valence-electron chi connectivity index (χ1n) is 4.64. The summed E-state index contributed by atoms with van der Waals surface area (Å²) in [4.78, 5) is 20.4. The molecule has 1 aromatic rings. The number of non-ortho nitro benzene ring substituents is 1. The number of rotatable bonds is 4. The summed E-state index contributed by atoms with van der Waals surface area (Å²) in [5.74, 6) is -0.339. The number of benzene rings is 1. The Hall–Kier alpha value is -2.17. The van der Waals surface area contributed by atoms with Gasteiger partial charge in [-0.1, -0.05) is 6.08 Å². The van der Waals surface area contributed by atoms with Gasteiger partial charge in [-0.05, 0) is 23.8 Å². The molecule has 0 spiro atoms. The van der Waals surface area contributed by atoms with Crippen LogP contribution in [0.5, 0.6) is 0 Å². The molecule has 0 saturated heterocycles. The van der Waals surface area contributed by atoms with Gasteiger partial charge in [0, 0.05) is 19.1 Å². The van der Waals surface area contributed by atoms with Crippen molar-refractivity contribution in [3.8, 4) is 0 Å². The SMILES string of the molecule is CC(=O)OC/C=C/c1ccc([N+](=O)[O-])cc1. The molecule has 5 nitrogen and oxygen atoms in total. The molecule has 16 heavy (non-hydrogen) atoms. The maximum atomic E-state index is 10.4. The molecule has 0 aliphatic carbocycles. The number of nitrogens with zero attached hydrogens (tertiary/aromatic N) is 1. The number of nitro groups is 1. The van der Waals surface area contributed by atoms with Crippen molar-refractivity contribution in [2.45, 2.75) is 6.92 Å². The summed E-state index contributed by atoms with van der Waals surface area (Å²) in [5.41, 5.74) is 0.870. The van der Waals surface area contributed by atoms with E-state index in [1.807, 2.05) is 0 Å². The van der Waals surface area contributed by atoms with Gasteiger partial charge in [-0.3, -0.25) is 14.9 Å². The lowest BCUT2D eigenvalue weighted by atomic mass is 10.2. The molecule has 0 bridgehead atoms. The molecule has 0 amide bonds. The molecule has 0 saturated carbocycles. The molecule has 0 fully saturated rings. The fourth-order valence-electron chi connectivity index (χ4n) is 1.06. The average Bonchev–Trinajstić information content (AvgIpc) is 2.25. The van der Waals surface area contributed by atoms with E-state index in [0.717, 1.165) is 5.56 Å². The molecule has 84 valence electrons. The van der Waals surface area contributed by atoms with Gasteiger partial charge in [0.2, 0.25) is 0 Å². The lowest BCUT2D eigenvalue weighted by molar-refractivity contribution is -0.384. The predicted molar refractivity (Wildman–Crippen MR) is 58.8 cm³/mol. The monoisotopic (exact) mass is 221 g/mol. The van der Waals surface area contributed by atoms with Gasteiger partial charge in [-0.25, -0.2) is 0 Å². The van der Waals surface area contributed by atoms with Crippen LogP contribution in [0.2, 0.25) is 0 Å². The second kappa shape index (κ2) is 5.65. The molecule has 0 aromatic heterocycles. The Morgan fingerprint density at radius 1 is 1.44 bits per heavy atom. The van der Waals surface area contributed by atoms with Crippen LogP contribution < -0.4 is 0 Å². The second-order valence-electron chi connectivity index (χ2n) is 3.05. The van der Waals surface area contributed by atoms with E-state index in [1.165, 1.54) is 19.1 Å². The van der Waals surface area contributed by atoms with Crippen molar-refractivity contribution >= 4 is 17.7 Å². The summed E-state index contributed by atoms with van der Waals surface area (Å²) in [6.45, 7) is 1.53. The summed E-state index contributed by atoms with van der Waals surface area (Å²) in [5, 5.41) is 10.4. The maximum absolute atomic E-state index is 10.4. The maximum Gasteiger partial charge on any atom is 0.302 e. The summed E-state index contributed by atoms with van der Waals surface area (Å²) in [6, 6.07) is 6.10. The van der Waals surface area contributed by atoms with Crippen LogP contribution >= 0.6 is 0 Å². The van der Waals surface area contributed by atoms with E-state index in [4.69, 9.17) is 4.74 Å². The Morgan fingerprint density at radius 2 is 2.06 bits per heavy atom. The number of carbonyl (C=O) groups excluding carboxylic acids is 1.